The number of hydrogen-bond acceptors (Lipinski definition) is 5. The first-order chi connectivity index (χ1) is 11.5. The smallest absolute Gasteiger partial charge is 0.308 e. The van der Waals surface area contributed by atoms with Crippen molar-refractivity contribution in [3.8, 4) is 11.3 Å². The molecule has 0 saturated carbocycles. The lowest BCUT2D eigenvalue weighted by molar-refractivity contribution is -0.160. The zero-order chi connectivity index (χ0) is 17.1. The number of rotatable bonds is 5. The van der Waals surface area contributed by atoms with Crippen LogP contribution in [-0.4, -0.2) is 38.3 Å². The molecular formula is C18H23N3O3. The van der Waals surface area contributed by atoms with E-state index in [9.17, 15) is 9.90 Å². The topological polar surface area (TPSA) is 77.2 Å². The molecule has 0 radical (unpaired) electrons. The molecule has 2 heterocycles. The molecule has 2 unspecified atom stereocenters. The van der Waals surface area contributed by atoms with E-state index < -0.39 is 6.10 Å². The molecule has 0 spiro atoms. The van der Waals surface area contributed by atoms with Gasteiger partial charge in [0.2, 0.25) is 0 Å². The molecule has 3 rings (SSSR count). The van der Waals surface area contributed by atoms with Crippen LogP contribution in [-0.2, 0) is 16.0 Å². The number of carbonyl (C=O) groups excluding carboxylic acids is 1. The lowest BCUT2D eigenvalue weighted by Gasteiger charge is -2.26. The summed E-state index contributed by atoms with van der Waals surface area (Å²) in [4.78, 5) is 11.5. The standard InChI is InChI=1S/C18H23N3O3/c1-12(2)21-16(9-8-15-10-14(22)11-17(23)24-15)18(19-20-21)13-6-4-3-5-7-13/h3-7,12,14-15,22H,8-11H2,1-2H3. The summed E-state index contributed by atoms with van der Waals surface area (Å²) >= 11 is 0. The Morgan fingerprint density at radius 1 is 1.33 bits per heavy atom. The lowest BCUT2D eigenvalue weighted by Crippen LogP contribution is -2.33. The predicted molar refractivity (Wildman–Crippen MR) is 89.3 cm³/mol. The second-order valence-electron chi connectivity index (χ2n) is 6.53. The van der Waals surface area contributed by atoms with E-state index in [4.69, 9.17) is 4.74 Å². The van der Waals surface area contributed by atoms with Gasteiger partial charge in [0.15, 0.2) is 0 Å². The van der Waals surface area contributed by atoms with E-state index in [1.807, 2.05) is 35.0 Å². The second-order valence-corrected chi connectivity index (χ2v) is 6.53. The van der Waals surface area contributed by atoms with Crippen LogP contribution in [0.5, 0.6) is 0 Å². The third kappa shape index (κ3) is 3.64. The first-order valence-corrected chi connectivity index (χ1v) is 8.41. The maximum Gasteiger partial charge on any atom is 0.308 e. The van der Waals surface area contributed by atoms with E-state index in [0.29, 0.717) is 19.3 Å². The molecule has 1 N–H and O–H groups in total. The van der Waals surface area contributed by atoms with Crippen LogP contribution in [0.15, 0.2) is 30.3 Å². The van der Waals surface area contributed by atoms with Gasteiger partial charge in [0.25, 0.3) is 0 Å². The van der Waals surface area contributed by atoms with Crippen LogP contribution in [0.3, 0.4) is 0 Å². The Hall–Kier alpha value is -2.21. The summed E-state index contributed by atoms with van der Waals surface area (Å²) < 4.78 is 7.27. The van der Waals surface area contributed by atoms with Crippen LogP contribution in [0.25, 0.3) is 11.3 Å². The Kier molecular flexibility index (Phi) is 4.94. The Morgan fingerprint density at radius 2 is 2.08 bits per heavy atom. The molecule has 1 saturated heterocycles. The van der Waals surface area contributed by atoms with E-state index in [2.05, 4.69) is 24.2 Å². The normalized spacial score (nSPS) is 21.1. The molecule has 1 aromatic heterocycles. The number of aliphatic hydroxyl groups excluding tert-OH is 1. The molecule has 1 aliphatic rings. The zero-order valence-electron chi connectivity index (χ0n) is 14.1. The third-order valence-electron chi connectivity index (χ3n) is 4.27. The average Bonchev–Trinajstić information content (AvgIpc) is 2.97. The number of benzene rings is 1. The zero-order valence-corrected chi connectivity index (χ0v) is 14.1. The largest absolute Gasteiger partial charge is 0.462 e. The van der Waals surface area contributed by atoms with Crippen molar-refractivity contribution < 1.29 is 14.6 Å². The summed E-state index contributed by atoms with van der Waals surface area (Å²) in [5.74, 6) is -0.322. The van der Waals surface area contributed by atoms with Gasteiger partial charge >= 0.3 is 5.97 Å². The third-order valence-corrected chi connectivity index (χ3v) is 4.27. The van der Waals surface area contributed by atoms with Crippen molar-refractivity contribution in [2.24, 2.45) is 0 Å². The Labute approximate surface area is 141 Å². The van der Waals surface area contributed by atoms with Crippen LogP contribution in [0, 0.1) is 0 Å². The van der Waals surface area contributed by atoms with E-state index in [1.54, 1.807) is 0 Å². The van der Waals surface area contributed by atoms with Gasteiger partial charge in [-0.3, -0.25) is 4.79 Å². The molecular weight excluding hydrogens is 306 g/mol. The summed E-state index contributed by atoms with van der Waals surface area (Å²) in [6.45, 7) is 4.13. The van der Waals surface area contributed by atoms with Gasteiger partial charge in [-0.25, -0.2) is 4.68 Å². The Morgan fingerprint density at radius 3 is 2.75 bits per heavy atom. The SMILES string of the molecule is CC(C)n1nnc(-c2ccccc2)c1CCC1CC(O)CC(=O)O1. The summed E-state index contributed by atoms with van der Waals surface area (Å²) in [5.41, 5.74) is 2.93. The lowest BCUT2D eigenvalue weighted by atomic mass is 9.99. The Bertz CT molecular complexity index is 697. The number of esters is 1. The second kappa shape index (κ2) is 7.13. The highest BCUT2D eigenvalue weighted by Crippen LogP contribution is 2.26. The van der Waals surface area contributed by atoms with Gasteiger partial charge in [0.05, 0.1) is 18.2 Å². The van der Waals surface area contributed by atoms with Gasteiger partial charge in [-0.15, -0.1) is 5.10 Å². The van der Waals surface area contributed by atoms with Crippen molar-refractivity contribution in [3.05, 3.63) is 36.0 Å². The molecule has 24 heavy (non-hydrogen) atoms. The summed E-state index contributed by atoms with van der Waals surface area (Å²) in [5, 5.41) is 18.4. The average molecular weight is 329 g/mol. The van der Waals surface area contributed by atoms with Crippen molar-refractivity contribution in [1.82, 2.24) is 15.0 Å². The van der Waals surface area contributed by atoms with Gasteiger partial charge in [0, 0.05) is 18.0 Å². The summed E-state index contributed by atoms with van der Waals surface area (Å²) in [6.07, 6.45) is 1.09. The molecule has 0 bridgehead atoms. The fraction of sp³-hybridized carbons (Fsp3) is 0.500. The van der Waals surface area contributed by atoms with E-state index in [1.165, 1.54) is 0 Å². The van der Waals surface area contributed by atoms with Crippen LogP contribution in [0.1, 0.15) is 44.8 Å². The van der Waals surface area contributed by atoms with Crippen LogP contribution < -0.4 is 0 Å². The fourth-order valence-corrected chi connectivity index (χ4v) is 3.12. The number of nitrogens with zero attached hydrogens (tertiary/aromatic N) is 3. The van der Waals surface area contributed by atoms with E-state index >= 15 is 0 Å². The maximum atomic E-state index is 11.5. The van der Waals surface area contributed by atoms with Gasteiger partial charge in [-0.2, -0.15) is 0 Å². The number of cyclic esters (lactones) is 1. The minimum atomic E-state index is -0.599. The van der Waals surface area contributed by atoms with Crippen LogP contribution in [0.2, 0.25) is 0 Å². The molecule has 2 atom stereocenters. The maximum absolute atomic E-state index is 11.5. The first-order valence-electron chi connectivity index (χ1n) is 8.41. The highest BCUT2D eigenvalue weighted by molar-refractivity contribution is 5.71. The highest BCUT2D eigenvalue weighted by atomic mass is 16.5. The van der Waals surface area contributed by atoms with Crippen molar-refractivity contribution >= 4 is 5.97 Å². The molecule has 6 heteroatoms. The number of ether oxygens (including phenoxy) is 1. The fourth-order valence-electron chi connectivity index (χ4n) is 3.12. The Balaban J connectivity index is 1.81. The monoisotopic (exact) mass is 329 g/mol. The summed E-state index contributed by atoms with van der Waals surface area (Å²) in [6, 6.07) is 10.2. The number of aromatic nitrogens is 3. The molecule has 0 amide bonds. The van der Waals surface area contributed by atoms with Crippen molar-refractivity contribution in [3.63, 3.8) is 0 Å². The number of hydrogen-bond donors (Lipinski definition) is 1. The summed E-state index contributed by atoms with van der Waals surface area (Å²) in [7, 11) is 0. The van der Waals surface area contributed by atoms with Crippen molar-refractivity contribution in [1.29, 1.82) is 0 Å². The van der Waals surface area contributed by atoms with E-state index in [-0.39, 0.29) is 24.5 Å². The molecule has 0 aliphatic carbocycles. The minimum absolute atomic E-state index is 0.0945. The van der Waals surface area contributed by atoms with Gasteiger partial charge in [-0.05, 0) is 26.7 Å². The quantitative estimate of drug-likeness (QED) is 0.853. The molecule has 1 fully saturated rings. The van der Waals surface area contributed by atoms with Gasteiger partial charge < -0.3 is 9.84 Å². The minimum Gasteiger partial charge on any atom is -0.462 e. The van der Waals surface area contributed by atoms with Gasteiger partial charge in [0.1, 0.15) is 11.8 Å². The van der Waals surface area contributed by atoms with Gasteiger partial charge in [-0.1, -0.05) is 35.5 Å². The molecule has 1 aromatic carbocycles. The van der Waals surface area contributed by atoms with Crippen molar-refractivity contribution in [2.75, 3.05) is 0 Å². The molecule has 1 aliphatic heterocycles. The number of aliphatic hydroxyl groups is 1. The number of carbonyl (C=O) groups is 1. The first kappa shape index (κ1) is 16.6. The van der Waals surface area contributed by atoms with Crippen LogP contribution >= 0.6 is 0 Å². The van der Waals surface area contributed by atoms with Crippen molar-refractivity contribution in [2.45, 2.75) is 57.8 Å². The van der Waals surface area contributed by atoms with Crippen LogP contribution in [0.4, 0.5) is 0 Å². The molecule has 128 valence electrons. The highest BCUT2D eigenvalue weighted by Gasteiger charge is 2.28. The predicted octanol–water partition coefficient (Wildman–Crippen LogP) is 2.53. The molecule has 6 nitrogen and oxygen atoms in total. The van der Waals surface area contributed by atoms with E-state index in [0.717, 1.165) is 17.0 Å². The molecule has 2 aromatic rings.